The number of Topliss-reactive ketones (excluding diaryl/α,β-unsaturated/α-hetero) is 1. The second-order valence-corrected chi connectivity index (χ2v) is 10.1. The van der Waals surface area contributed by atoms with Crippen LogP contribution < -0.4 is 0 Å². The van der Waals surface area contributed by atoms with Gasteiger partial charge in [-0.2, -0.15) is 0 Å². The Kier molecular flexibility index (Phi) is 12.9. The number of hydrogen-bond donors (Lipinski definition) is 0. The Bertz CT molecular complexity index is 239. The molecule has 6 heteroatoms. The Balaban J connectivity index is 3.61. The Morgan fingerprint density at radius 2 is 1.45 bits per heavy atom. The minimum Gasteiger partial charge on any atom is -0.369 e. The fourth-order valence-corrected chi connectivity index (χ4v) is 5.58. The van der Waals surface area contributed by atoms with E-state index in [1.807, 2.05) is 0 Å². The highest BCUT2D eigenvalue weighted by Crippen LogP contribution is 2.23. The van der Waals surface area contributed by atoms with Crippen molar-refractivity contribution in [2.75, 3.05) is 27.1 Å². The van der Waals surface area contributed by atoms with E-state index in [2.05, 4.69) is 6.92 Å². The van der Waals surface area contributed by atoms with Crippen LogP contribution in [0.15, 0.2) is 0 Å². The van der Waals surface area contributed by atoms with Crippen LogP contribution in [0.2, 0.25) is 0 Å². The predicted octanol–water partition coefficient (Wildman–Crippen LogP) is 3.80. The Morgan fingerprint density at radius 1 is 0.900 bits per heavy atom. The molecule has 120 valence electrons. The van der Waals surface area contributed by atoms with Crippen LogP contribution in [-0.2, 0) is 18.1 Å². The Labute approximate surface area is 129 Å². The highest BCUT2D eigenvalue weighted by molar-refractivity contribution is 8.26. The Morgan fingerprint density at radius 3 is 2.00 bits per heavy atom. The van der Waals surface area contributed by atoms with Crippen LogP contribution in [-0.4, -0.2) is 40.8 Å². The molecule has 0 saturated carbocycles. The second kappa shape index (κ2) is 12.8. The first-order chi connectivity index (χ1) is 9.64. The first-order valence-corrected chi connectivity index (χ1v) is 10.9. The van der Waals surface area contributed by atoms with E-state index in [-0.39, 0.29) is 0 Å². The quantitative estimate of drug-likeness (QED) is 0.359. The van der Waals surface area contributed by atoms with Crippen LogP contribution in [0.25, 0.3) is 0 Å². The van der Waals surface area contributed by atoms with Crippen LogP contribution >= 0.6 is 11.2 Å². The molecule has 0 aromatic carbocycles. The maximum absolute atomic E-state index is 11.7. The highest BCUT2D eigenvalue weighted by Gasteiger charge is 2.38. The molecule has 0 aliphatic heterocycles. The van der Waals surface area contributed by atoms with E-state index in [9.17, 15) is 4.79 Å². The number of unbranched alkanes of at least 4 members (excludes halogenated alkanes) is 4. The molecule has 0 heterocycles. The number of hydrogen-bond acceptors (Lipinski definition) is 5. The molecule has 0 aliphatic rings. The third-order valence-corrected chi connectivity index (χ3v) is 8.71. The molecule has 0 spiro atoms. The summed E-state index contributed by atoms with van der Waals surface area (Å²) in [6.45, 7) is 2.20. The summed E-state index contributed by atoms with van der Waals surface area (Å²) in [4.78, 5) is 11.7. The minimum absolute atomic E-state index is 0.376. The summed E-state index contributed by atoms with van der Waals surface area (Å²) in [5.74, 6) is 1.21. The van der Waals surface area contributed by atoms with Crippen LogP contribution in [0.4, 0.5) is 0 Å². The smallest absolute Gasteiger partial charge is 0.369 e. The zero-order valence-corrected chi connectivity index (χ0v) is 15.2. The maximum atomic E-state index is 11.7. The topological polar surface area (TPSA) is 44.8 Å². The summed E-state index contributed by atoms with van der Waals surface area (Å²) in [5.41, 5.74) is 0. The lowest BCUT2D eigenvalue weighted by molar-refractivity contribution is -0.119. The van der Waals surface area contributed by atoms with Crippen molar-refractivity contribution in [2.24, 2.45) is 0 Å². The third-order valence-electron chi connectivity index (χ3n) is 3.19. The van der Waals surface area contributed by atoms with Gasteiger partial charge in [-0.15, -0.1) is 0 Å². The van der Waals surface area contributed by atoms with Crippen molar-refractivity contribution in [3.8, 4) is 0 Å². The van der Waals surface area contributed by atoms with Gasteiger partial charge in [-0.3, -0.25) is 4.79 Å². The summed E-state index contributed by atoms with van der Waals surface area (Å²) in [6.07, 6.45) is 8.25. The third kappa shape index (κ3) is 9.13. The normalized spacial score (nSPS) is 11.8. The van der Waals surface area contributed by atoms with Gasteiger partial charge in [0.2, 0.25) is 0 Å². The van der Waals surface area contributed by atoms with Crippen molar-refractivity contribution in [3.63, 3.8) is 0 Å². The number of carbonyl (C=O) groups is 1. The molecule has 20 heavy (non-hydrogen) atoms. The van der Waals surface area contributed by atoms with Crippen molar-refractivity contribution in [3.05, 3.63) is 0 Å². The monoisotopic (exact) mass is 322 g/mol. The average molecular weight is 323 g/mol. The van der Waals surface area contributed by atoms with Gasteiger partial charge in [0.15, 0.2) is 0 Å². The lowest BCUT2D eigenvalue weighted by atomic mass is 10.1. The fraction of sp³-hybridized carbons (Fsp3) is 0.929. The molecule has 0 N–H and O–H groups in total. The van der Waals surface area contributed by atoms with Crippen molar-refractivity contribution in [1.82, 2.24) is 0 Å². The zero-order chi connectivity index (χ0) is 15.3. The molecule has 0 aromatic heterocycles. The number of rotatable bonds is 14. The zero-order valence-electron chi connectivity index (χ0n) is 13.4. The van der Waals surface area contributed by atoms with Crippen molar-refractivity contribution in [2.45, 2.75) is 58.3 Å². The molecule has 0 bridgehead atoms. The van der Waals surface area contributed by atoms with Crippen LogP contribution in [0.3, 0.4) is 0 Å². The summed E-state index contributed by atoms with van der Waals surface area (Å²) in [5, 5.41) is 0. The van der Waals surface area contributed by atoms with E-state index in [4.69, 9.17) is 13.3 Å². The molecular weight excluding hydrogens is 292 g/mol. The van der Waals surface area contributed by atoms with Gasteiger partial charge in [0, 0.05) is 34.2 Å². The van der Waals surface area contributed by atoms with Gasteiger partial charge in [0.05, 0.1) is 0 Å². The number of ketones is 1. The first-order valence-electron chi connectivity index (χ1n) is 7.45. The van der Waals surface area contributed by atoms with Crippen LogP contribution in [0, 0.1) is 0 Å². The number of carbonyl (C=O) groups excluding carboxylic acids is 1. The van der Waals surface area contributed by atoms with E-state index in [0.717, 1.165) is 25.0 Å². The largest absolute Gasteiger partial charge is 0.572 e. The van der Waals surface area contributed by atoms with Crippen molar-refractivity contribution >= 4 is 24.9 Å². The molecule has 0 amide bonds. The van der Waals surface area contributed by atoms with E-state index in [0.29, 0.717) is 12.2 Å². The molecule has 0 rings (SSSR count). The van der Waals surface area contributed by atoms with E-state index < -0.39 is 7.95 Å². The van der Waals surface area contributed by atoms with E-state index in [1.54, 1.807) is 32.5 Å². The van der Waals surface area contributed by atoms with Crippen LogP contribution in [0.5, 0.6) is 0 Å². The van der Waals surface area contributed by atoms with E-state index in [1.165, 1.54) is 25.7 Å². The van der Waals surface area contributed by atoms with Gasteiger partial charge in [-0.25, -0.2) is 0 Å². The van der Waals surface area contributed by atoms with Gasteiger partial charge in [0.1, 0.15) is 5.78 Å². The molecule has 0 aromatic rings. The molecule has 0 fully saturated rings. The first kappa shape index (κ1) is 20.1. The minimum atomic E-state index is -2.52. The Hall–Kier alpha value is 0.117. The molecule has 4 nitrogen and oxygen atoms in total. The molecule has 0 unspecified atom stereocenters. The SMILES string of the molecule is CCCCCCCC(=O)CCCS[Si](OC)(OC)OC. The summed E-state index contributed by atoms with van der Waals surface area (Å²) < 4.78 is 16.0. The highest BCUT2D eigenvalue weighted by atomic mass is 32.4. The fourth-order valence-electron chi connectivity index (χ4n) is 1.94. The van der Waals surface area contributed by atoms with Crippen LogP contribution in [0.1, 0.15) is 58.3 Å². The predicted molar refractivity (Wildman–Crippen MR) is 86.9 cm³/mol. The van der Waals surface area contributed by atoms with E-state index >= 15 is 0 Å². The van der Waals surface area contributed by atoms with Gasteiger partial charge in [0.25, 0.3) is 0 Å². The van der Waals surface area contributed by atoms with Gasteiger partial charge < -0.3 is 13.3 Å². The summed E-state index contributed by atoms with van der Waals surface area (Å²) in [7, 11) is 2.29. The maximum Gasteiger partial charge on any atom is 0.572 e. The lowest BCUT2D eigenvalue weighted by Gasteiger charge is -2.22. The summed E-state index contributed by atoms with van der Waals surface area (Å²) >= 11 is 1.57. The summed E-state index contributed by atoms with van der Waals surface area (Å²) in [6, 6.07) is 0. The van der Waals surface area contributed by atoms with Gasteiger partial charge in [-0.05, 0) is 18.6 Å². The van der Waals surface area contributed by atoms with Crippen molar-refractivity contribution < 1.29 is 18.1 Å². The van der Waals surface area contributed by atoms with Crippen molar-refractivity contribution in [1.29, 1.82) is 0 Å². The average Bonchev–Trinajstić information content (AvgIpc) is 2.48. The molecular formula is C14H30O4SSi. The van der Waals surface area contributed by atoms with Gasteiger partial charge in [-0.1, -0.05) is 43.8 Å². The molecule has 0 aliphatic carbocycles. The molecule has 0 atom stereocenters. The molecule has 0 radical (unpaired) electrons. The van der Waals surface area contributed by atoms with Gasteiger partial charge >= 0.3 is 7.95 Å². The lowest BCUT2D eigenvalue weighted by Crippen LogP contribution is -2.39. The molecule has 0 saturated heterocycles. The second-order valence-electron chi connectivity index (χ2n) is 4.77. The standard InChI is InChI=1S/C14H30O4SSi/c1-5-6-7-8-9-11-14(15)12-10-13-19-20(16-2,17-3)18-4/h5-13H2,1-4H3.